The van der Waals surface area contributed by atoms with Gasteiger partial charge >= 0.3 is 0 Å². The molecule has 0 atom stereocenters. The maximum absolute atomic E-state index is 15.0. The van der Waals surface area contributed by atoms with E-state index >= 15 is 0 Å². The summed E-state index contributed by atoms with van der Waals surface area (Å²) in [6, 6.07) is 9.09. The molecule has 2 aromatic carbocycles. The number of fused-ring (bicyclic) bond motifs is 2. The van der Waals surface area contributed by atoms with Crippen LogP contribution >= 0.6 is 0 Å². The average Bonchev–Trinajstić information content (AvgIpc) is 3.12. The summed E-state index contributed by atoms with van der Waals surface area (Å²) in [5, 5.41) is 20.1. The number of aryl methyl sites for hydroxylation is 2. The number of anilines is 1. The van der Waals surface area contributed by atoms with Crippen LogP contribution in [0.3, 0.4) is 0 Å². The van der Waals surface area contributed by atoms with Gasteiger partial charge in [0.2, 0.25) is 0 Å². The van der Waals surface area contributed by atoms with Crippen molar-refractivity contribution in [2.24, 2.45) is 7.05 Å². The van der Waals surface area contributed by atoms with E-state index in [4.69, 9.17) is 0 Å². The molecule has 2 N–H and O–H groups in total. The zero-order valence-electron chi connectivity index (χ0n) is 16.4. The van der Waals surface area contributed by atoms with Gasteiger partial charge in [-0.3, -0.25) is 4.68 Å². The topological polar surface area (TPSA) is 66.2 Å². The second kappa shape index (κ2) is 6.70. The molecule has 0 amide bonds. The standard InChI is InChI=1S/C22H22FN5O/c1-13-20-15(12-27(2)26-20)10-17(22(13)29)19-4-3-14-9-16(11-18(23)21(14)25-19)28-7-5-24-6-8-28/h3-4,9-12,24,29H,5-8H2,1-2H3. The molecule has 5 rings (SSSR count). The fourth-order valence-electron chi connectivity index (χ4n) is 4.07. The molecule has 29 heavy (non-hydrogen) atoms. The van der Waals surface area contributed by atoms with Crippen molar-refractivity contribution in [3.8, 4) is 17.0 Å². The van der Waals surface area contributed by atoms with E-state index in [1.165, 1.54) is 0 Å². The Kier molecular flexibility index (Phi) is 4.13. The van der Waals surface area contributed by atoms with E-state index in [2.05, 4.69) is 20.3 Å². The third kappa shape index (κ3) is 2.98. The van der Waals surface area contributed by atoms with Crippen molar-refractivity contribution in [3.05, 3.63) is 47.9 Å². The van der Waals surface area contributed by atoms with Crippen LogP contribution in [-0.2, 0) is 7.05 Å². The second-order valence-electron chi connectivity index (χ2n) is 7.57. The van der Waals surface area contributed by atoms with E-state index in [9.17, 15) is 9.50 Å². The van der Waals surface area contributed by atoms with Crippen molar-refractivity contribution in [3.63, 3.8) is 0 Å². The Morgan fingerprint density at radius 3 is 2.66 bits per heavy atom. The molecule has 148 valence electrons. The predicted molar refractivity (Wildman–Crippen MR) is 113 cm³/mol. The Labute approximate surface area is 167 Å². The summed E-state index contributed by atoms with van der Waals surface area (Å²) >= 11 is 0. The fraction of sp³-hybridized carbons (Fsp3) is 0.273. The number of halogens is 1. The number of aromatic nitrogens is 3. The summed E-state index contributed by atoms with van der Waals surface area (Å²) in [5.41, 5.74) is 3.75. The Morgan fingerprint density at radius 1 is 1.07 bits per heavy atom. The van der Waals surface area contributed by atoms with Crippen LogP contribution in [0.1, 0.15) is 5.56 Å². The van der Waals surface area contributed by atoms with Gasteiger partial charge in [-0.2, -0.15) is 5.10 Å². The van der Waals surface area contributed by atoms with Gasteiger partial charge in [0, 0.05) is 67.0 Å². The van der Waals surface area contributed by atoms with Crippen LogP contribution in [0.5, 0.6) is 5.75 Å². The molecule has 1 fully saturated rings. The molecule has 0 saturated carbocycles. The van der Waals surface area contributed by atoms with Gasteiger partial charge in [-0.25, -0.2) is 9.37 Å². The molecule has 1 aliphatic heterocycles. The lowest BCUT2D eigenvalue weighted by molar-refractivity contribution is 0.474. The predicted octanol–water partition coefficient (Wildman–Crippen LogP) is 3.35. The van der Waals surface area contributed by atoms with E-state index in [1.807, 2.05) is 44.4 Å². The molecule has 4 aromatic rings. The van der Waals surface area contributed by atoms with Crippen LogP contribution in [0.25, 0.3) is 33.1 Å². The van der Waals surface area contributed by atoms with Crippen LogP contribution in [-0.4, -0.2) is 46.1 Å². The first-order chi connectivity index (χ1) is 14.0. The van der Waals surface area contributed by atoms with Crippen molar-refractivity contribution >= 4 is 27.5 Å². The first-order valence-electron chi connectivity index (χ1n) is 9.73. The molecular weight excluding hydrogens is 369 g/mol. The number of piperazine rings is 1. The number of aromatic hydroxyl groups is 1. The molecule has 1 aliphatic rings. The first kappa shape index (κ1) is 17.9. The van der Waals surface area contributed by atoms with Gasteiger partial charge in [0.25, 0.3) is 0 Å². The maximum atomic E-state index is 15.0. The SMILES string of the molecule is Cc1c(O)c(-c2ccc3cc(N4CCNCC4)cc(F)c3n2)cc2cn(C)nc12. The molecule has 0 radical (unpaired) electrons. The number of phenols is 1. The molecule has 0 spiro atoms. The summed E-state index contributed by atoms with van der Waals surface area (Å²) in [7, 11) is 1.84. The summed E-state index contributed by atoms with van der Waals surface area (Å²) in [6.45, 7) is 5.33. The Balaban J connectivity index is 1.62. The lowest BCUT2D eigenvalue weighted by Crippen LogP contribution is -2.43. The number of nitrogens with one attached hydrogen (secondary N) is 1. The van der Waals surface area contributed by atoms with Gasteiger partial charge in [-0.15, -0.1) is 0 Å². The lowest BCUT2D eigenvalue weighted by atomic mass is 10.0. The van der Waals surface area contributed by atoms with Gasteiger partial charge in [-0.05, 0) is 31.2 Å². The summed E-state index contributed by atoms with van der Waals surface area (Å²) in [4.78, 5) is 6.73. The number of rotatable bonds is 2. The van der Waals surface area contributed by atoms with Crippen LogP contribution in [0.4, 0.5) is 10.1 Å². The van der Waals surface area contributed by atoms with E-state index in [0.717, 1.165) is 48.2 Å². The minimum Gasteiger partial charge on any atom is -0.507 e. The Hall–Kier alpha value is -3.19. The monoisotopic (exact) mass is 391 g/mol. The number of hydrogen-bond donors (Lipinski definition) is 2. The third-order valence-corrected chi connectivity index (χ3v) is 5.61. The molecule has 0 bridgehead atoms. The molecular formula is C22H22FN5O. The van der Waals surface area contributed by atoms with E-state index in [0.29, 0.717) is 22.3 Å². The van der Waals surface area contributed by atoms with Crippen molar-refractivity contribution < 1.29 is 9.50 Å². The van der Waals surface area contributed by atoms with Gasteiger partial charge in [0.05, 0.1) is 11.2 Å². The van der Waals surface area contributed by atoms with Crippen molar-refractivity contribution in [1.82, 2.24) is 20.1 Å². The maximum Gasteiger partial charge on any atom is 0.151 e. The van der Waals surface area contributed by atoms with Gasteiger partial charge in [0.15, 0.2) is 5.82 Å². The lowest BCUT2D eigenvalue weighted by Gasteiger charge is -2.29. The van der Waals surface area contributed by atoms with Gasteiger partial charge < -0.3 is 15.3 Å². The number of benzene rings is 2. The number of phenolic OH excluding ortho intramolecular Hbond substituents is 1. The minimum absolute atomic E-state index is 0.126. The van der Waals surface area contributed by atoms with Crippen LogP contribution in [0.2, 0.25) is 0 Å². The summed E-state index contributed by atoms with van der Waals surface area (Å²) in [5.74, 6) is -0.225. The second-order valence-corrected chi connectivity index (χ2v) is 7.57. The van der Waals surface area contributed by atoms with Crippen LogP contribution in [0, 0.1) is 12.7 Å². The third-order valence-electron chi connectivity index (χ3n) is 5.61. The highest BCUT2D eigenvalue weighted by atomic mass is 19.1. The summed E-state index contributed by atoms with van der Waals surface area (Å²) < 4.78 is 16.7. The zero-order chi connectivity index (χ0) is 20.1. The van der Waals surface area contributed by atoms with Crippen molar-refractivity contribution in [2.45, 2.75) is 6.92 Å². The van der Waals surface area contributed by atoms with Gasteiger partial charge in [-0.1, -0.05) is 6.07 Å². The Morgan fingerprint density at radius 2 is 1.86 bits per heavy atom. The fourth-order valence-corrected chi connectivity index (χ4v) is 4.07. The van der Waals surface area contributed by atoms with Crippen LogP contribution < -0.4 is 10.2 Å². The van der Waals surface area contributed by atoms with Gasteiger partial charge in [0.1, 0.15) is 11.3 Å². The average molecular weight is 391 g/mol. The highest BCUT2D eigenvalue weighted by Crippen LogP contribution is 2.37. The zero-order valence-corrected chi connectivity index (χ0v) is 16.4. The normalized spacial score (nSPS) is 14.8. The minimum atomic E-state index is -0.350. The molecule has 6 nitrogen and oxygen atoms in total. The highest BCUT2D eigenvalue weighted by molar-refractivity contribution is 5.92. The highest BCUT2D eigenvalue weighted by Gasteiger charge is 2.17. The number of hydrogen-bond acceptors (Lipinski definition) is 5. The van der Waals surface area contributed by atoms with E-state index in [1.54, 1.807) is 10.7 Å². The van der Waals surface area contributed by atoms with E-state index in [-0.39, 0.29) is 11.6 Å². The van der Waals surface area contributed by atoms with Crippen molar-refractivity contribution in [2.75, 3.05) is 31.1 Å². The van der Waals surface area contributed by atoms with E-state index < -0.39 is 0 Å². The molecule has 0 unspecified atom stereocenters. The van der Waals surface area contributed by atoms with Crippen molar-refractivity contribution in [1.29, 1.82) is 0 Å². The summed E-state index contributed by atoms with van der Waals surface area (Å²) in [6.07, 6.45) is 1.90. The quantitative estimate of drug-likeness (QED) is 0.549. The molecule has 0 aliphatic carbocycles. The number of nitrogens with zero attached hydrogens (tertiary/aromatic N) is 4. The largest absolute Gasteiger partial charge is 0.507 e. The first-order valence-corrected chi connectivity index (χ1v) is 9.73. The molecule has 7 heteroatoms. The number of pyridine rings is 1. The van der Waals surface area contributed by atoms with Crippen LogP contribution in [0.15, 0.2) is 36.5 Å². The molecule has 2 aromatic heterocycles. The molecule has 3 heterocycles. The smallest absolute Gasteiger partial charge is 0.151 e. The molecule has 1 saturated heterocycles. The Bertz CT molecular complexity index is 1240.